The Labute approximate surface area is 189 Å². The summed E-state index contributed by atoms with van der Waals surface area (Å²) in [5.74, 6) is -5.78. The van der Waals surface area contributed by atoms with Crippen LogP contribution in [0.25, 0.3) is 0 Å². The largest absolute Gasteiger partial charge is 0.481 e. The normalized spacial score (nSPS) is 14.3. The summed E-state index contributed by atoms with van der Waals surface area (Å²) in [6, 6.07) is 2.99. The summed E-state index contributed by atoms with van der Waals surface area (Å²) in [6.45, 7) is -0.729. The summed E-state index contributed by atoms with van der Waals surface area (Å²) in [5.41, 5.74) is 6.01. The molecule has 8 N–H and O–H groups in total. The molecule has 0 aliphatic heterocycles. The van der Waals surface area contributed by atoms with Crippen molar-refractivity contribution in [3.63, 3.8) is 0 Å². The Morgan fingerprint density at radius 3 is 1.91 bits per heavy atom. The number of carbonyl (C=O) groups is 5. The number of thiol groups is 1. The van der Waals surface area contributed by atoms with Crippen LogP contribution >= 0.6 is 12.6 Å². The van der Waals surface area contributed by atoms with Gasteiger partial charge < -0.3 is 37.0 Å². The second-order valence-electron chi connectivity index (χ2n) is 6.78. The molecule has 0 bridgehead atoms. The Kier molecular flexibility index (Phi) is 11.2. The van der Waals surface area contributed by atoms with E-state index in [2.05, 4.69) is 28.6 Å². The minimum absolute atomic E-state index is 0.00804. The van der Waals surface area contributed by atoms with Gasteiger partial charge in [-0.2, -0.15) is 12.6 Å². The summed E-state index contributed by atoms with van der Waals surface area (Å²) in [5, 5.41) is 34.0. The van der Waals surface area contributed by atoms with Gasteiger partial charge in [-0.1, -0.05) is 30.3 Å². The molecule has 0 spiro atoms. The van der Waals surface area contributed by atoms with Crippen molar-refractivity contribution in [2.45, 2.75) is 37.0 Å². The lowest BCUT2D eigenvalue weighted by Gasteiger charge is -2.23. The third-order valence-electron chi connectivity index (χ3n) is 4.26. The minimum atomic E-state index is -1.59. The van der Waals surface area contributed by atoms with E-state index in [1.54, 1.807) is 30.3 Å². The molecule has 0 aliphatic carbocycles. The van der Waals surface area contributed by atoms with Gasteiger partial charge in [0.05, 0.1) is 13.0 Å². The lowest BCUT2D eigenvalue weighted by molar-refractivity contribution is -0.143. The van der Waals surface area contributed by atoms with E-state index in [1.165, 1.54) is 0 Å². The molecule has 13 heteroatoms. The van der Waals surface area contributed by atoms with Crippen molar-refractivity contribution in [2.75, 3.05) is 12.4 Å². The molecule has 0 radical (unpaired) electrons. The first-order chi connectivity index (χ1) is 15.1. The molecule has 1 aromatic rings. The molecule has 0 saturated carbocycles. The van der Waals surface area contributed by atoms with E-state index in [9.17, 15) is 29.1 Å². The van der Waals surface area contributed by atoms with Crippen LogP contribution in [0.4, 0.5) is 0 Å². The number of benzene rings is 1. The molecule has 0 fully saturated rings. The molecule has 1 aromatic carbocycles. The number of aliphatic hydroxyl groups excluding tert-OH is 1. The van der Waals surface area contributed by atoms with Gasteiger partial charge in [0.2, 0.25) is 17.7 Å². The van der Waals surface area contributed by atoms with Gasteiger partial charge in [0.1, 0.15) is 24.2 Å². The highest BCUT2D eigenvalue weighted by atomic mass is 32.1. The second-order valence-corrected chi connectivity index (χ2v) is 7.15. The van der Waals surface area contributed by atoms with Crippen LogP contribution in [0.5, 0.6) is 0 Å². The Morgan fingerprint density at radius 2 is 1.41 bits per heavy atom. The fourth-order valence-electron chi connectivity index (χ4n) is 2.53. The Bertz CT molecular complexity index is 823. The van der Waals surface area contributed by atoms with E-state index in [0.29, 0.717) is 5.56 Å². The number of aliphatic hydroxyl groups is 1. The zero-order valence-corrected chi connectivity index (χ0v) is 17.8. The van der Waals surface area contributed by atoms with Crippen LogP contribution in [0.1, 0.15) is 12.0 Å². The van der Waals surface area contributed by atoms with E-state index in [0.717, 1.165) is 0 Å². The fraction of sp³-hybridized carbons (Fsp3) is 0.421. The van der Waals surface area contributed by atoms with E-state index < -0.39 is 66.9 Å². The smallest absolute Gasteiger partial charge is 0.326 e. The molecule has 1 rings (SSSR count). The number of carboxylic acids is 2. The highest BCUT2D eigenvalue weighted by molar-refractivity contribution is 7.80. The lowest BCUT2D eigenvalue weighted by atomic mass is 10.1. The average molecular weight is 471 g/mol. The SMILES string of the molecule is NC(CO)C(=O)NC(CC(=O)O)C(=O)NC(CS)C(=O)NC(Cc1ccccc1)C(=O)O. The Hall–Kier alpha value is -3.16. The highest BCUT2D eigenvalue weighted by Gasteiger charge is 2.30. The van der Waals surface area contributed by atoms with Gasteiger partial charge in [-0.05, 0) is 5.56 Å². The molecular weight excluding hydrogens is 444 g/mol. The maximum atomic E-state index is 12.5. The zero-order valence-electron chi connectivity index (χ0n) is 16.9. The maximum absolute atomic E-state index is 12.5. The van der Waals surface area contributed by atoms with Gasteiger partial charge in [-0.15, -0.1) is 0 Å². The van der Waals surface area contributed by atoms with Crippen molar-refractivity contribution in [1.82, 2.24) is 16.0 Å². The topological polar surface area (TPSA) is 208 Å². The van der Waals surface area contributed by atoms with Crippen LogP contribution in [0.15, 0.2) is 30.3 Å². The van der Waals surface area contributed by atoms with Crippen LogP contribution in [-0.4, -0.2) is 81.5 Å². The van der Waals surface area contributed by atoms with Crippen LogP contribution in [-0.2, 0) is 30.4 Å². The quantitative estimate of drug-likeness (QED) is 0.143. The van der Waals surface area contributed by atoms with Crippen molar-refractivity contribution in [2.24, 2.45) is 5.73 Å². The predicted molar refractivity (Wildman–Crippen MR) is 115 cm³/mol. The molecule has 176 valence electrons. The van der Waals surface area contributed by atoms with Crippen LogP contribution in [0.3, 0.4) is 0 Å². The molecule has 12 nitrogen and oxygen atoms in total. The first kappa shape index (κ1) is 26.9. The number of nitrogens with one attached hydrogen (secondary N) is 3. The van der Waals surface area contributed by atoms with Crippen molar-refractivity contribution in [3.05, 3.63) is 35.9 Å². The minimum Gasteiger partial charge on any atom is -0.481 e. The van der Waals surface area contributed by atoms with Crippen molar-refractivity contribution in [1.29, 1.82) is 0 Å². The second kappa shape index (κ2) is 13.3. The first-order valence-corrected chi connectivity index (χ1v) is 10.1. The van der Waals surface area contributed by atoms with Gasteiger partial charge in [-0.3, -0.25) is 19.2 Å². The maximum Gasteiger partial charge on any atom is 0.326 e. The Balaban J connectivity index is 2.86. The summed E-state index contributed by atoms with van der Waals surface area (Å²) in [4.78, 5) is 59.4. The molecule has 3 amide bonds. The third-order valence-corrected chi connectivity index (χ3v) is 4.62. The number of amides is 3. The molecule has 4 atom stereocenters. The van der Waals surface area contributed by atoms with Crippen molar-refractivity contribution in [3.8, 4) is 0 Å². The summed E-state index contributed by atoms with van der Waals surface area (Å²) < 4.78 is 0. The van der Waals surface area contributed by atoms with Gasteiger partial charge in [-0.25, -0.2) is 4.79 Å². The standard InChI is InChI=1S/C19H26N4O8S/c20-11(8-24)16(27)21-12(7-15(25)26)17(28)23-14(9-32)18(29)22-13(19(30)31)6-10-4-2-1-3-5-10/h1-5,11-14,24,32H,6-9,20H2,(H,21,27)(H,22,29)(H,23,28)(H,25,26)(H,30,31). The number of carbonyl (C=O) groups excluding carboxylic acids is 3. The van der Waals surface area contributed by atoms with E-state index in [4.69, 9.17) is 15.9 Å². The molecule has 32 heavy (non-hydrogen) atoms. The van der Waals surface area contributed by atoms with Crippen LogP contribution in [0.2, 0.25) is 0 Å². The van der Waals surface area contributed by atoms with E-state index >= 15 is 0 Å². The number of aliphatic carboxylic acids is 2. The van der Waals surface area contributed by atoms with E-state index in [1.807, 2.05) is 0 Å². The molecule has 0 aromatic heterocycles. The van der Waals surface area contributed by atoms with Gasteiger partial charge in [0.25, 0.3) is 0 Å². The van der Waals surface area contributed by atoms with E-state index in [-0.39, 0.29) is 12.2 Å². The van der Waals surface area contributed by atoms with Gasteiger partial charge in [0.15, 0.2) is 0 Å². The summed E-state index contributed by atoms with van der Waals surface area (Å²) in [6.07, 6.45) is -0.825. The van der Waals surface area contributed by atoms with Crippen LogP contribution in [0, 0.1) is 0 Å². The average Bonchev–Trinajstić information content (AvgIpc) is 2.75. The molecule has 4 unspecified atom stereocenters. The summed E-state index contributed by atoms with van der Waals surface area (Å²) >= 11 is 3.98. The fourth-order valence-corrected chi connectivity index (χ4v) is 2.79. The molecular formula is C19H26N4O8S. The van der Waals surface area contributed by atoms with Crippen molar-refractivity contribution >= 4 is 42.3 Å². The number of carboxylic acid groups (broad SMARTS) is 2. The number of rotatable bonds is 13. The third kappa shape index (κ3) is 8.91. The number of hydrogen-bond donors (Lipinski definition) is 8. The molecule has 0 aliphatic rings. The number of nitrogens with two attached hydrogens (primary N) is 1. The van der Waals surface area contributed by atoms with Gasteiger partial charge >= 0.3 is 11.9 Å². The van der Waals surface area contributed by atoms with Crippen molar-refractivity contribution < 1.29 is 39.3 Å². The monoisotopic (exact) mass is 470 g/mol. The Morgan fingerprint density at radius 1 is 0.875 bits per heavy atom. The lowest BCUT2D eigenvalue weighted by Crippen LogP contribution is -2.58. The van der Waals surface area contributed by atoms with Gasteiger partial charge in [0, 0.05) is 12.2 Å². The highest BCUT2D eigenvalue weighted by Crippen LogP contribution is 2.05. The van der Waals surface area contributed by atoms with Crippen LogP contribution < -0.4 is 21.7 Å². The molecule has 0 saturated heterocycles. The number of hydrogen-bond acceptors (Lipinski definition) is 8. The zero-order chi connectivity index (χ0) is 24.3. The first-order valence-electron chi connectivity index (χ1n) is 9.46. The molecule has 0 heterocycles. The summed E-state index contributed by atoms with van der Waals surface area (Å²) in [7, 11) is 0. The predicted octanol–water partition coefficient (Wildman–Crippen LogP) is -2.51.